The second-order valence-corrected chi connectivity index (χ2v) is 8.18. The van der Waals surface area contributed by atoms with Gasteiger partial charge < -0.3 is 9.84 Å². The van der Waals surface area contributed by atoms with Crippen molar-refractivity contribution >= 4 is 5.97 Å². The molecule has 3 nitrogen and oxygen atoms in total. The molecule has 0 saturated carbocycles. The molecule has 1 aliphatic rings. The third kappa shape index (κ3) is 5.20. The minimum atomic E-state index is -0.815. The van der Waals surface area contributed by atoms with Gasteiger partial charge in [-0.1, -0.05) is 70.6 Å². The molecule has 156 valence electrons. The van der Waals surface area contributed by atoms with E-state index >= 15 is 0 Å². The van der Waals surface area contributed by atoms with Gasteiger partial charge in [-0.15, -0.1) is 0 Å². The Labute approximate surface area is 175 Å². The number of benzene rings is 2. The summed E-state index contributed by atoms with van der Waals surface area (Å²) in [6.07, 6.45) is 11.7. The lowest BCUT2D eigenvalue weighted by Crippen LogP contribution is -2.15. The Morgan fingerprint density at radius 1 is 0.931 bits per heavy atom. The molecule has 0 radical (unpaired) electrons. The first-order valence-electron chi connectivity index (χ1n) is 11.3. The second-order valence-electron chi connectivity index (χ2n) is 8.18. The van der Waals surface area contributed by atoms with Crippen LogP contribution in [-0.2, 0) is 19.3 Å². The SMILES string of the molecule is CCCCCCc1cc2c(c(C(=O)O)c1CCCCCC)Cc1ccccc1O2. The van der Waals surface area contributed by atoms with E-state index in [2.05, 4.69) is 19.9 Å². The molecule has 0 saturated heterocycles. The molecule has 0 amide bonds. The van der Waals surface area contributed by atoms with E-state index in [4.69, 9.17) is 4.74 Å². The van der Waals surface area contributed by atoms with Crippen molar-refractivity contribution in [2.45, 2.75) is 84.5 Å². The summed E-state index contributed by atoms with van der Waals surface area (Å²) >= 11 is 0. The van der Waals surface area contributed by atoms with Crippen molar-refractivity contribution in [3.63, 3.8) is 0 Å². The van der Waals surface area contributed by atoms with Gasteiger partial charge in [0.15, 0.2) is 0 Å². The van der Waals surface area contributed by atoms with E-state index in [0.29, 0.717) is 12.0 Å². The van der Waals surface area contributed by atoms with Crippen molar-refractivity contribution in [2.24, 2.45) is 0 Å². The number of unbranched alkanes of at least 4 members (excludes halogenated alkanes) is 6. The molecule has 0 spiro atoms. The van der Waals surface area contributed by atoms with Crippen LogP contribution in [0.3, 0.4) is 0 Å². The summed E-state index contributed by atoms with van der Waals surface area (Å²) in [6.45, 7) is 4.42. The van der Waals surface area contributed by atoms with Crippen LogP contribution < -0.4 is 4.74 Å². The zero-order valence-corrected chi connectivity index (χ0v) is 17.9. The van der Waals surface area contributed by atoms with Crippen LogP contribution in [0.15, 0.2) is 30.3 Å². The molecule has 0 atom stereocenters. The Balaban J connectivity index is 1.97. The van der Waals surface area contributed by atoms with Crippen molar-refractivity contribution in [3.05, 3.63) is 58.1 Å². The van der Waals surface area contributed by atoms with E-state index < -0.39 is 5.97 Å². The average Bonchev–Trinajstić information content (AvgIpc) is 2.72. The Hall–Kier alpha value is -2.29. The summed E-state index contributed by atoms with van der Waals surface area (Å²) in [5.41, 5.74) is 4.63. The molecule has 0 aromatic heterocycles. The smallest absolute Gasteiger partial charge is 0.336 e. The fraction of sp³-hybridized carbons (Fsp3) is 0.500. The highest BCUT2D eigenvalue weighted by Gasteiger charge is 2.27. The van der Waals surface area contributed by atoms with Crippen LogP contribution in [0, 0.1) is 0 Å². The van der Waals surface area contributed by atoms with Crippen molar-refractivity contribution in [3.8, 4) is 11.5 Å². The molecule has 0 bridgehead atoms. The molecule has 2 aromatic carbocycles. The lowest BCUT2D eigenvalue weighted by atomic mass is 9.86. The van der Waals surface area contributed by atoms with Crippen LogP contribution >= 0.6 is 0 Å². The zero-order chi connectivity index (χ0) is 20.6. The number of fused-ring (bicyclic) bond motifs is 2. The molecular weight excluding hydrogens is 360 g/mol. The molecule has 0 aliphatic carbocycles. The minimum absolute atomic E-state index is 0.499. The number of carboxylic acids is 1. The molecular formula is C26H34O3. The largest absolute Gasteiger partial charge is 0.478 e. The van der Waals surface area contributed by atoms with Gasteiger partial charge in [0, 0.05) is 12.0 Å². The maximum absolute atomic E-state index is 12.4. The van der Waals surface area contributed by atoms with Gasteiger partial charge in [0.2, 0.25) is 0 Å². The van der Waals surface area contributed by atoms with Crippen LogP contribution in [-0.4, -0.2) is 11.1 Å². The minimum Gasteiger partial charge on any atom is -0.478 e. The van der Waals surface area contributed by atoms with E-state index in [1.54, 1.807) is 0 Å². The molecule has 0 unspecified atom stereocenters. The summed E-state index contributed by atoms with van der Waals surface area (Å²) in [6, 6.07) is 10.1. The van der Waals surface area contributed by atoms with E-state index in [0.717, 1.165) is 60.3 Å². The number of hydrogen-bond acceptors (Lipinski definition) is 2. The van der Waals surface area contributed by atoms with Gasteiger partial charge in [0.25, 0.3) is 0 Å². The van der Waals surface area contributed by atoms with E-state index in [9.17, 15) is 9.90 Å². The van der Waals surface area contributed by atoms with Gasteiger partial charge in [-0.2, -0.15) is 0 Å². The number of aromatic carboxylic acids is 1. The molecule has 1 aliphatic heterocycles. The number of ether oxygens (including phenoxy) is 1. The summed E-state index contributed by atoms with van der Waals surface area (Å²) < 4.78 is 6.17. The zero-order valence-electron chi connectivity index (χ0n) is 17.9. The highest BCUT2D eigenvalue weighted by Crippen LogP contribution is 2.41. The van der Waals surface area contributed by atoms with Gasteiger partial charge >= 0.3 is 5.97 Å². The number of carbonyl (C=O) groups is 1. The van der Waals surface area contributed by atoms with E-state index in [-0.39, 0.29) is 0 Å². The Morgan fingerprint density at radius 3 is 2.31 bits per heavy atom. The monoisotopic (exact) mass is 394 g/mol. The molecule has 3 rings (SSSR count). The molecule has 1 heterocycles. The molecule has 2 aromatic rings. The fourth-order valence-electron chi connectivity index (χ4n) is 4.36. The number of para-hydroxylation sites is 1. The van der Waals surface area contributed by atoms with Gasteiger partial charge in [0.1, 0.15) is 11.5 Å². The number of hydrogen-bond donors (Lipinski definition) is 1. The van der Waals surface area contributed by atoms with Gasteiger partial charge in [-0.05, 0) is 54.5 Å². The first-order valence-corrected chi connectivity index (χ1v) is 11.3. The summed E-state index contributed by atoms with van der Waals surface area (Å²) in [5.74, 6) is 0.776. The summed E-state index contributed by atoms with van der Waals surface area (Å²) in [7, 11) is 0. The summed E-state index contributed by atoms with van der Waals surface area (Å²) in [4.78, 5) is 12.4. The average molecular weight is 395 g/mol. The Morgan fingerprint density at radius 2 is 1.62 bits per heavy atom. The normalized spacial score (nSPS) is 12.2. The maximum atomic E-state index is 12.4. The number of rotatable bonds is 11. The van der Waals surface area contributed by atoms with Crippen molar-refractivity contribution < 1.29 is 14.6 Å². The molecule has 3 heteroatoms. The first kappa shape index (κ1) is 21.4. The highest BCUT2D eigenvalue weighted by atomic mass is 16.5. The van der Waals surface area contributed by atoms with Gasteiger partial charge in [0.05, 0.1) is 5.56 Å². The standard InChI is InChI=1S/C26H34O3/c1-3-5-7-9-13-19-18-24-22(17-20-14-11-12-16-23(20)29-24)25(26(27)28)21(19)15-10-8-6-4-2/h11-12,14,16,18H,3-10,13,15,17H2,1-2H3,(H,27,28). The maximum Gasteiger partial charge on any atom is 0.336 e. The quantitative estimate of drug-likeness (QED) is 0.346. The third-order valence-electron chi connectivity index (χ3n) is 5.95. The second kappa shape index (κ2) is 10.5. The predicted molar refractivity (Wildman–Crippen MR) is 118 cm³/mol. The molecule has 29 heavy (non-hydrogen) atoms. The highest BCUT2D eigenvalue weighted by molar-refractivity contribution is 5.93. The van der Waals surface area contributed by atoms with Crippen LogP contribution in [0.25, 0.3) is 0 Å². The fourth-order valence-corrected chi connectivity index (χ4v) is 4.36. The first-order chi connectivity index (χ1) is 14.2. The van der Waals surface area contributed by atoms with Crippen molar-refractivity contribution in [1.82, 2.24) is 0 Å². The Bertz CT molecular complexity index is 838. The summed E-state index contributed by atoms with van der Waals surface area (Å²) in [5, 5.41) is 10.2. The molecule has 0 fully saturated rings. The van der Waals surface area contributed by atoms with Crippen LogP contribution in [0.5, 0.6) is 11.5 Å². The van der Waals surface area contributed by atoms with Crippen LogP contribution in [0.4, 0.5) is 0 Å². The van der Waals surface area contributed by atoms with E-state index in [1.807, 2.05) is 24.3 Å². The van der Waals surface area contributed by atoms with Crippen LogP contribution in [0.1, 0.15) is 97.8 Å². The Kier molecular flexibility index (Phi) is 7.74. The molecule has 1 N–H and O–H groups in total. The lowest BCUT2D eigenvalue weighted by Gasteiger charge is -2.25. The van der Waals surface area contributed by atoms with Gasteiger partial charge in [-0.25, -0.2) is 4.79 Å². The van der Waals surface area contributed by atoms with E-state index in [1.165, 1.54) is 37.7 Å². The predicted octanol–water partition coefficient (Wildman–Crippen LogP) is 7.33. The van der Waals surface area contributed by atoms with Gasteiger partial charge in [-0.3, -0.25) is 0 Å². The third-order valence-corrected chi connectivity index (χ3v) is 5.95. The van der Waals surface area contributed by atoms with Crippen molar-refractivity contribution in [1.29, 1.82) is 0 Å². The topological polar surface area (TPSA) is 46.5 Å². The number of aryl methyl sites for hydroxylation is 1. The lowest BCUT2D eigenvalue weighted by molar-refractivity contribution is 0.0693. The number of carboxylic acid groups (broad SMARTS) is 1. The van der Waals surface area contributed by atoms with Crippen LogP contribution in [0.2, 0.25) is 0 Å². The van der Waals surface area contributed by atoms with Crippen molar-refractivity contribution in [2.75, 3.05) is 0 Å².